The molecular formula is C10H18NO3-. The summed E-state index contributed by atoms with van der Waals surface area (Å²) in [5.74, 6) is -0.754. The molecular weight excluding hydrogens is 182 g/mol. The van der Waals surface area contributed by atoms with Crippen molar-refractivity contribution in [1.29, 1.82) is 0 Å². The van der Waals surface area contributed by atoms with Crippen molar-refractivity contribution < 1.29 is 15.1 Å². The van der Waals surface area contributed by atoms with Gasteiger partial charge in [-0.15, -0.1) is 0 Å². The van der Waals surface area contributed by atoms with E-state index in [-0.39, 0.29) is 18.3 Å². The molecule has 0 aliphatic carbocycles. The zero-order chi connectivity index (χ0) is 11.1. The number of oxime groups is 1. The average molecular weight is 200 g/mol. The van der Waals surface area contributed by atoms with Crippen LogP contribution >= 0.6 is 0 Å². The average Bonchev–Trinajstić information content (AvgIpc) is 2.03. The van der Waals surface area contributed by atoms with Crippen molar-refractivity contribution in [3.8, 4) is 0 Å². The highest BCUT2D eigenvalue weighted by molar-refractivity contribution is 5.85. The second kappa shape index (κ2) is 6.40. The molecule has 1 atom stereocenters. The number of aliphatic carboxylic acids is 1. The minimum absolute atomic E-state index is 0.0653. The van der Waals surface area contributed by atoms with E-state index in [4.69, 9.17) is 5.21 Å². The van der Waals surface area contributed by atoms with Crippen LogP contribution in [0.15, 0.2) is 5.16 Å². The van der Waals surface area contributed by atoms with Gasteiger partial charge in [-0.25, -0.2) is 0 Å². The smallest absolute Gasteiger partial charge is 0.0596 e. The van der Waals surface area contributed by atoms with Gasteiger partial charge >= 0.3 is 0 Å². The van der Waals surface area contributed by atoms with Crippen LogP contribution in [0.2, 0.25) is 0 Å². The third-order valence-corrected chi connectivity index (χ3v) is 2.20. The molecule has 0 spiro atoms. The fourth-order valence-corrected chi connectivity index (χ4v) is 1.24. The van der Waals surface area contributed by atoms with Gasteiger partial charge in [-0.05, 0) is 31.1 Å². The van der Waals surface area contributed by atoms with Crippen molar-refractivity contribution in [3.63, 3.8) is 0 Å². The van der Waals surface area contributed by atoms with Gasteiger partial charge < -0.3 is 15.1 Å². The molecule has 0 unspecified atom stereocenters. The summed E-state index contributed by atoms with van der Waals surface area (Å²) in [4.78, 5) is 10.3. The quantitative estimate of drug-likeness (QED) is 0.395. The summed E-state index contributed by atoms with van der Waals surface area (Å²) in [5.41, 5.74) is 0.718. The highest BCUT2D eigenvalue weighted by Gasteiger charge is 2.09. The number of nitrogens with zero attached hydrogens (tertiary/aromatic N) is 1. The Kier molecular flexibility index (Phi) is 5.92. The van der Waals surface area contributed by atoms with Gasteiger partial charge in [0.15, 0.2) is 0 Å². The van der Waals surface area contributed by atoms with E-state index in [0.717, 1.165) is 5.71 Å². The molecule has 0 radical (unpaired) electrons. The maximum Gasteiger partial charge on any atom is 0.0596 e. The fraction of sp³-hybridized carbons (Fsp3) is 0.800. The Labute approximate surface area is 84.6 Å². The molecule has 0 aromatic heterocycles. The number of carbonyl (C=O) groups is 1. The van der Waals surface area contributed by atoms with E-state index in [1.54, 1.807) is 0 Å². The summed E-state index contributed by atoms with van der Waals surface area (Å²) in [5, 5.41) is 22.1. The van der Waals surface area contributed by atoms with E-state index >= 15 is 0 Å². The molecule has 14 heavy (non-hydrogen) atoms. The van der Waals surface area contributed by atoms with Crippen molar-refractivity contribution >= 4 is 11.7 Å². The number of carboxylic acid groups (broad SMARTS) is 1. The van der Waals surface area contributed by atoms with Crippen molar-refractivity contribution in [1.82, 2.24) is 0 Å². The molecule has 0 saturated carbocycles. The maximum atomic E-state index is 10.3. The molecule has 0 bridgehead atoms. The largest absolute Gasteiger partial charge is 0.550 e. The van der Waals surface area contributed by atoms with E-state index in [1.165, 1.54) is 0 Å². The third-order valence-electron chi connectivity index (χ3n) is 2.20. The summed E-state index contributed by atoms with van der Waals surface area (Å²) in [6.45, 7) is 5.74. The molecule has 4 nitrogen and oxygen atoms in total. The van der Waals surface area contributed by atoms with Gasteiger partial charge in [-0.3, -0.25) is 0 Å². The van der Waals surface area contributed by atoms with Crippen molar-refractivity contribution in [3.05, 3.63) is 0 Å². The van der Waals surface area contributed by atoms with Crippen LogP contribution in [-0.4, -0.2) is 16.9 Å². The van der Waals surface area contributed by atoms with Crippen molar-refractivity contribution in [2.24, 2.45) is 17.0 Å². The predicted octanol–water partition coefficient (Wildman–Crippen LogP) is 1.03. The van der Waals surface area contributed by atoms with Crippen LogP contribution in [0.4, 0.5) is 0 Å². The minimum atomic E-state index is -1.02. The van der Waals surface area contributed by atoms with E-state index in [2.05, 4.69) is 5.16 Å². The Balaban J connectivity index is 3.86. The van der Waals surface area contributed by atoms with Crippen LogP contribution in [0.5, 0.6) is 0 Å². The fourth-order valence-electron chi connectivity index (χ4n) is 1.24. The molecule has 0 heterocycles. The van der Waals surface area contributed by atoms with Gasteiger partial charge in [0.1, 0.15) is 0 Å². The molecule has 4 heteroatoms. The first-order valence-corrected chi connectivity index (χ1v) is 4.88. The molecule has 0 aromatic rings. The molecule has 0 aromatic carbocycles. The van der Waals surface area contributed by atoms with Gasteiger partial charge in [0.2, 0.25) is 0 Å². The Morgan fingerprint density at radius 3 is 2.36 bits per heavy atom. The highest BCUT2D eigenvalue weighted by atomic mass is 16.4. The van der Waals surface area contributed by atoms with E-state index in [1.807, 2.05) is 20.8 Å². The zero-order valence-corrected chi connectivity index (χ0v) is 8.99. The second-order valence-corrected chi connectivity index (χ2v) is 3.97. The number of hydrogen-bond donors (Lipinski definition) is 1. The normalized spacial score (nSPS) is 14.4. The summed E-state index contributed by atoms with van der Waals surface area (Å²) in [6.07, 6.45) is 1.42. The van der Waals surface area contributed by atoms with Gasteiger partial charge in [-0.2, -0.15) is 0 Å². The van der Waals surface area contributed by atoms with Gasteiger partial charge in [-0.1, -0.05) is 25.9 Å². The molecule has 0 aliphatic heterocycles. The standard InChI is InChI=1S/C10H19NO3/c1-7(2)9(11-14)5-4-8(3)6-10(12)13/h7-8,14H,4-6H2,1-3H3,(H,12,13)/p-1/t8-/m0/s1. The van der Waals surface area contributed by atoms with Crippen LogP contribution in [-0.2, 0) is 4.79 Å². The molecule has 0 aliphatic rings. The summed E-state index contributed by atoms with van der Waals surface area (Å²) < 4.78 is 0. The lowest BCUT2D eigenvalue weighted by molar-refractivity contribution is -0.306. The lowest BCUT2D eigenvalue weighted by Crippen LogP contribution is -2.24. The lowest BCUT2D eigenvalue weighted by atomic mass is 9.96. The number of carbonyl (C=O) groups excluding carboxylic acids is 1. The SMILES string of the molecule is CC(C)C(CC[C@H](C)CC(=O)[O-])=NO. The Hall–Kier alpha value is -1.06. The highest BCUT2D eigenvalue weighted by Crippen LogP contribution is 2.13. The third kappa shape index (κ3) is 5.56. The Bertz CT molecular complexity index is 211. The lowest BCUT2D eigenvalue weighted by Gasteiger charge is -2.13. The van der Waals surface area contributed by atoms with Crippen LogP contribution in [0.3, 0.4) is 0 Å². The van der Waals surface area contributed by atoms with Crippen molar-refractivity contribution in [2.45, 2.75) is 40.0 Å². The summed E-state index contributed by atoms with van der Waals surface area (Å²) in [7, 11) is 0. The first-order chi connectivity index (χ1) is 6.47. The van der Waals surface area contributed by atoms with Gasteiger partial charge in [0, 0.05) is 5.97 Å². The molecule has 0 fully saturated rings. The van der Waals surface area contributed by atoms with E-state index in [9.17, 15) is 9.90 Å². The second-order valence-electron chi connectivity index (χ2n) is 3.97. The van der Waals surface area contributed by atoms with Gasteiger partial charge in [0.25, 0.3) is 0 Å². The monoisotopic (exact) mass is 200 g/mol. The molecule has 82 valence electrons. The molecule has 0 saturated heterocycles. The summed E-state index contributed by atoms with van der Waals surface area (Å²) >= 11 is 0. The van der Waals surface area contributed by atoms with Crippen LogP contribution in [0.25, 0.3) is 0 Å². The molecule has 0 amide bonds. The van der Waals surface area contributed by atoms with Crippen LogP contribution in [0, 0.1) is 11.8 Å². The number of rotatable bonds is 6. The number of hydrogen-bond acceptors (Lipinski definition) is 4. The van der Waals surface area contributed by atoms with Crippen LogP contribution in [0.1, 0.15) is 40.0 Å². The minimum Gasteiger partial charge on any atom is -0.550 e. The zero-order valence-electron chi connectivity index (χ0n) is 8.99. The van der Waals surface area contributed by atoms with Crippen LogP contribution < -0.4 is 5.11 Å². The van der Waals surface area contributed by atoms with E-state index in [0.29, 0.717) is 12.8 Å². The van der Waals surface area contributed by atoms with Crippen molar-refractivity contribution in [2.75, 3.05) is 0 Å². The molecule has 0 rings (SSSR count). The predicted molar refractivity (Wildman–Crippen MR) is 52.1 cm³/mol. The topological polar surface area (TPSA) is 72.7 Å². The first-order valence-electron chi connectivity index (χ1n) is 4.88. The first kappa shape index (κ1) is 12.9. The number of carboxylic acids is 1. The molecule has 1 N–H and O–H groups in total. The Morgan fingerprint density at radius 1 is 1.43 bits per heavy atom. The van der Waals surface area contributed by atoms with Gasteiger partial charge in [0.05, 0.1) is 5.71 Å². The van der Waals surface area contributed by atoms with E-state index < -0.39 is 5.97 Å². The summed E-state index contributed by atoms with van der Waals surface area (Å²) in [6, 6.07) is 0. The maximum absolute atomic E-state index is 10.3. The Morgan fingerprint density at radius 2 is 2.00 bits per heavy atom.